The van der Waals surface area contributed by atoms with Crippen LogP contribution in [0.15, 0.2) is 89.5 Å². The van der Waals surface area contributed by atoms with Gasteiger partial charge in [-0.1, -0.05) is 43.1 Å². The second kappa shape index (κ2) is 20.2. The van der Waals surface area contributed by atoms with Gasteiger partial charge >= 0.3 is 6.09 Å². The maximum absolute atomic E-state index is 14.0. The van der Waals surface area contributed by atoms with Gasteiger partial charge in [0.25, 0.3) is 0 Å². The Morgan fingerprint density at radius 3 is 2.46 bits per heavy atom. The van der Waals surface area contributed by atoms with Crippen LogP contribution in [-0.4, -0.2) is 85.1 Å². The molecule has 0 saturated heterocycles. The molecule has 0 aromatic heterocycles. The van der Waals surface area contributed by atoms with E-state index in [0.29, 0.717) is 50.1 Å². The van der Waals surface area contributed by atoms with Crippen molar-refractivity contribution in [3.05, 3.63) is 85.0 Å². The Balaban J connectivity index is 1.74. The highest BCUT2D eigenvalue weighted by atomic mass is 32.2. The summed E-state index contributed by atoms with van der Waals surface area (Å²) in [5.74, 6) is 0.443. The number of amides is 1. The van der Waals surface area contributed by atoms with Gasteiger partial charge in [-0.3, -0.25) is 4.90 Å². The van der Waals surface area contributed by atoms with Gasteiger partial charge in [0.1, 0.15) is 30.4 Å². The molecule has 0 spiro atoms. The van der Waals surface area contributed by atoms with Gasteiger partial charge in [0, 0.05) is 42.6 Å². The van der Waals surface area contributed by atoms with Gasteiger partial charge in [-0.25, -0.2) is 4.79 Å². The molecule has 1 saturated carbocycles. The van der Waals surface area contributed by atoms with Crippen LogP contribution in [-0.2, 0) is 14.3 Å². The van der Waals surface area contributed by atoms with Crippen LogP contribution in [0, 0.1) is 17.8 Å². The number of hydrogen-bond donors (Lipinski definition) is 2. The molecule has 5 rings (SSSR count). The van der Waals surface area contributed by atoms with Crippen LogP contribution >= 0.6 is 11.8 Å². The highest BCUT2D eigenvalue weighted by Gasteiger charge is 2.65. The SMILES string of the molecule is C=CCCOC(=O)N(CCC)[C@H]1CC(=NOC)C2=C[C@H](CCCCO)[C@@H](CCCCO)[C@@H]3c4cc(Oc5ccc(SC)cc5)ccc4O[C@@]1(OCC=C)[C@H]23. The van der Waals surface area contributed by atoms with E-state index in [0.717, 1.165) is 53.2 Å². The van der Waals surface area contributed by atoms with Crippen molar-refractivity contribution in [2.45, 2.75) is 87.4 Å². The highest BCUT2D eigenvalue weighted by Crippen LogP contribution is 2.62. The second-order valence-corrected chi connectivity index (χ2v) is 15.0. The third kappa shape index (κ3) is 9.18. The average Bonchev–Trinajstić information content (AvgIpc) is 3.18. The molecule has 1 heterocycles. The normalized spacial score (nSPS) is 24.7. The number of oxime groups is 1. The minimum Gasteiger partial charge on any atom is -0.459 e. The van der Waals surface area contributed by atoms with E-state index in [2.05, 4.69) is 30.5 Å². The molecule has 2 aliphatic carbocycles. The molecule has 10 nitrogen and oxygen atoms in total. The summed E-state index contributed by atoms with van der Waals surface area (Å²) in [6.07, 6.45) is 13.7. The summed E-state index contributed by atoms with van der Waals surface area (Å²) >= 11 is 1.68. The number of aliphatic hydroxyl groups is 2. The molecule has 54 heavy (non-hydrogen) atoms. The molecule has 2 aromatic carbocycles. The predicted molar refractivity (Wildman–Crippen MR) is 213 cm³/mol. The lowest BCUT2D eigenvalue weighted by Crippen LogP contribution is -2.70. The number of ether oxygens (including phenoxy) is 4. The lowest BCUT2D eigenvalue weighted by molar-refractivity contribution is -0.255. The maximum Gasteiger partial charge on any atom is 0.410 e. The van der Waals surface area contributed by atoms with Crippen LogP contribution in [0.1, 0.15) is 76.2 Å². The molecule has 2 aromatic rings. The summed E-state index contributed by atoms with van der Waals surface area (Å²) < 4.78 is 26.5. The summed E-state index contributed by atoms with van der Waals surface area (Å²) in [7, 11) is 1.55. The van der Waals surface area contributed by atoms with E-state index < -0.39 is 23.8 Å². The largest absolute Gasteiger partial charge is 0.459 e. The van der Waals surface area contributed by atoms with Crippen LogP contribution < -0.4 is 9.47 Å². The highest BCUT2D eigenvalue weighted by molar-refractivity contribution is 7.98. The Bertz CT molecular complexity index is 1610. The number of benzene rings is 2. The van der Waals surface area contributed by atoms with Gasteiger partial charge in [-0.2, -0.15) is 0 Å². The second-order valence-electron chi connectivity index (χ2n) is 14.1. The molecule has 1 amide bonds. The van der Waals surface area contributed by atoms with Crippen molar-refractivity contribution in [3.63, 3.8) is 0 Å². The molecule has 3 aliphatic rings. The third-order valence-electron chi connectivity index (χ3n) is 10.8. The molecule has 0 unspecified atom stereocenters. The number of aliphatic hydroxyl groups excluding tert-OH is 2. The minimum absolute atomic E-state index is 0.108. The van der Waals surface area contributed by atoms with Gasteiger partial charge in [0.15, 0.2) is 0 Å². The van der Waals surface area contributed by atoms with E-state index in [4.69, 9.17) is 23.8 Å². The summed E-state index contributed by atoms with van der Waals surface area (Å²) in [6, 6.07) is 13.4. The molecule has 0 radical (unpaired) electrons. The van der Waals surface area contributed by atoms with E-state index in [1.807, 2.05) is 49.6 Å². The number of allylic oxidation sites excluding steroid dienone is 1. The summed E-state index contributed by atoms with van der Waals surface area (Å²) in [4.78, 5) is 22.5. The van der Waals surface area contributed by atoms with Gasteiger partial charge in [-0.15, -0.1) is 24.9 Å². The van der Waals surface area contributed by atoms with Gasteiger partial charge in [0.2, 0.25) is 5.79 Å². The Labute approximate surface area is 325 Å². The standard InChI is InChI=1S/C43H58N2O8S/c1-6-9-26-50-42(48)45(22-7-2)39-29-37(44-49-4)35-27-30(14-10-12-23-46)34(15-11-13-24-47)40-36-28-32(52-31-16-19-33(54-5)20-17-31)18-21-38(36)53-43(39,41(35)40)51-25-8-3/h6,8,16-21,27-28,30,34,39-41,46-47H,1,3,7,9-15,22-26,29H2,2,4-5H3/t30-,34+,39-,40+,41+,43+/m0/s1. The Hall–Kier alpha value is -3.77. The van der Waals surface area contributed by atoms with Gasteiger partial charge < -0.3 is 34.0 Å². The number of rotatable bonds is 21. The lowest BCUT2D eigenvalue weighted by Gasteiger charge is -2.59. The monoisotopic (exact) mass is 762 g/mol. The first-order valence-corrected chi connectivity index (χ1v) is 20.6. The third-order valence-corrected chi connectivity index (χ3v) is 11.5. The summed E-state index contributed by atoms with van der Waals surface area (Å²) in [6.45, 7) is 10.9. The molecular weight excluding hydrogens is 705 g/mol. The van der Waals surface area contributed by atoms with E-state index in [1.54, 1.807) is 35.9 Å². The van der Waals surface area contributed by atoms with Crippen molar-refractivity contribution >= 4 is 23.6 Å². The zero-order chi connectivity index (χ0) is 38.5. The molecule has 2 N–H and O–H groups in total. The van der Waals surface area contributed by atoms with E-state index >= 15 is 0 Å². The first-order chi connectivity index (χ1) is 26.4. The van der Waals surface area contributed by atoms with Crippen LogP contribution in [0.4, 0.5) is 4.79 Å². The van der Waals surface area contributed by atoms with Crippen molar-refractivity contribution in [2.75, 3.05) is 46.3 Å². The Morgan fingerprint density at radius 1 is 1.06 bits per heavy atom. The van der Waals surface area contributed by atoms with Crippen molar-refractivity contribution in [1.29, 1.82) is 0 Å². The molecule has 0 bridgehead atoms. The number of carbonyl (C=O) groups is 1. The number of thioether (sulfide) groups is 1. The average molecular weight is 763 g/mol. The summed E-state index contributed by atoms with van der Waals surface area (Å²) in [5.41, 5.74) is 2.72. The van der Waals surface area contributed by atoms with E-state index in [-0.39, 0.29) is 44.2 Å². The molecule has 6 atom stereocenters. The number of nitrogens with zero attached hydrogens (tertiary/aromatic N) is 2. The Kier molecular flexibility index (Phi) is 15.5. The maximum atomic E-state index is 14.0. The van der Waals surface area contributed by atoms with Crippen LogP contribution in [0.25, 0.3) is 0 Å². The summed E-state index contributed by atoms with van der Waals surface area (Å²) in [5, 5.41) is 24.3. The van der Waals surface area contributed by atoms with Gasteiger partial charge in [-0.05, 0) is 105 Å². The van der Waals surface area contributed by atoms with Crippen LogP contribution in [0.5, 0.6) is 17.2 Å². The predicted octanol–water partition coefficient (Wildman–Crippen LogP) is 8.89. The first-order valence-electron chi connectivity index (χ1n) is 19.4. The van der Waals surface area contributed by atoms with E-state index in [1.165, 1.54) is 0 Å². The fraction of sp³-hybridized carbons (Fsp3) is 0.535. The van der Waals surface area contributed by atoms with Crippen molar-refractivity contribution in [1.82, 2.24) is 4.90 Å². The van der Waals surface area contributed by atoms with Gasteiger partial charge in [0.05, 0.1) is 24.8 Å². The minimum atomic E-state index is -1.33. The fourth-order valence-corrected chi connectivity index (χ4v) is 8.94. The molecule has 294 valence electrons. The lowest BCUT2D eigenvalue weighted by atomic mass is 9.55. The fourth-order valence-electron chi connectivity index (χ4n) is 8.53. The molecule has 11 heteroatoms. The van der Waals surface area contributed by atoms with Crippen molar-refractivity contribution < 1.29 is 38.8 Å². The molecule has 1 fully saturated rings. The topological polar surface area (TPSA) is 119 Å². The number of unbranched alkanes of at least 4 members (excludes halogenated alkanes) is 2. The smallest absolute Gasteiger partial charge is 0.410 e. The Morgan fingerprint density at radius 2 is 1.80 bits per heavy atom. The van der Waals surface area contributed by atoms with Crippen LogP contribution in [0.3, 0.4) is 0 Å². The molecule has 1 aliphatic heterocycles. The number of fused-ring (bicyclic) bond motifs is 2. The zero-order valence-electron chi connectivity index (χ0n) is 32.1. The quantitative estimate of drug-likeness (QED) is 0.0556. The van der Waals surface area contributed by atoms with Crippen LogP contribution in [0.2, 0.25) is 0 Å². The molecular formula is C43H58N2O8S. The van der Waals surface area contributed by atoms with E-state index in [9.17, 15) is 15.0 Å². The number of carbonyl (C=O) groups excluding carboxylic acids is 1. The van der Waals surface area contributed by atoms with Crippen molar-refractivity contribution in [2.24, 2.45) is 22.9 Å². The van der Waals surface area contributed by atoms with Crippen molar-refractivity contribution in [3.8, 4) is 17.2 Å². The first kappa shape index (κ1) is 41.4. The zero-order valence-corrected chi connectivity index (χ0v) is 32.9. The number of hydrogen-bond acceptors (Lipinski definition) is 10.